The molecule has 1 heterocycles. The summed E-state index contributed by atoms with van der Waals surface area (Å²) in [5, 5.41) is 20.0. The minimum atomic E-state index is -0.837. The highest BCUT2D eigenvalue weighted by molar-refractivity contribution is 5.87. The molecule has 2 N–H and O–H groups in total. The van der Waals surface area contributed by atoms with Gasteiger partial charge in [0.25, 0.3) is 0 Å². The van der Waals surface area contributed by atoms with Crippen molar-refractivity contribution in [2.75, 3.05) is 0 Å². The Morgan fingerprint density at radius 3 is 2.55 bits per heavy atom. The van der Waals surface area contributed by atoms with Crippen molar-refractivity contribution in [1.29, 1.82) is 0 Å². The number of benzene rings is 1. The molecule has 0 saturated carbocycles. The number of fused-ring (bicyclic) bond motifs is 1. The Morgan fingerprint density at radius 1 is 1.35 bits per heavy atom. The van der Waals surface area contributed by atoms with E-state index in [0.29, 0.717) is 6.42 Å². The molecule has 0 bridgehead atoms. The van der Waals surface area contributed by atoms with Crippen molar-refractivity contribution in [1.82, 2.24) is 4.57 Å². The molecule has 0 saturated heterocycles. The third kappa shape index (κ3) is 2.38. The van der Waals surface area contributed by atoms with Gasteiger partial charge in [0.1, 0.15) is 5.75 Å². The smallest absolute Gasteiger partial charge is 0.309 e. The second-order valence-corrected chi connectivity index (χ2v) is 6.18. The Labute approximate surface area is 118 Å². The molecule has 4 heteroatoms. The number of aromatic nitrogens is 1. The Kier molecular flexibility index (Phi) is 3.50. The summed E-state index contributed by atoms with van der Waals surface area (Å²) in [6.07, 6.45) is 0.425. The Bertz CT molecular complexity index is 653. The van der Waals surface area contributed by atoms with Crippen LogP contribution in [0.4, 0.5) is 0 Å². The maximum absolute atomic E-state index is 11.3. The highest BCUT2D eigenvalue weighted by Gasteiger charge is 2.29. The van der Waals surface area contributed by atoms with E-state index in [-0.39, 0.29) is 11.8 Å². The second-order valence-electron chi connectivity index (χ2n) is 6.18. The number of hydrogen-bond donors (Lipinski definition) is 2. The summed E-state index contributed by atoms with van der Waals surface area (Å²) >= 11 is 0. The quantitative estimate of drug-likeness (QED) is 0.896. The molecule has 1 aromatic carbocycles. The van der Waals surface area contributed by atoms with E-state index >= 15 is 0 Å². The van der Waals surface area contributed by atoms with E-state index < -0.39 is 11.4 Å². The van der Waals surface area contributed by atoms with Gasteiger partial charge in [-0.2, -0.15) is 0 Å². The lowest BCUT2D eigenvalue weighted by Gasteiger charge is -2.22. The van der Waals surface area contributed by atoms with Crippen LogP contribution < -0.4 is 0 Å². The molecule has 20 heavy (non-hydrogen) atoms. The zero-order valence-corrected chi connectivity index (χ0v) is 12.3. The summed E-state index contributed by atoms with van der Waals surface area (Å²) in [4.78, 5) is 11.3. The van der Waals surface area contributed by atoms with Crippen LogP contribution in [0.2, 0.25) is 0 Å². The topological polar surface area (TPSA) is 62.5 Å². The summed E-state index contributed by atoms with van der Waals surface area (Å²) in [5.41, 5.74) is 1.04. The van der Waals surface area contributed by atoms with Crippen LogP contribution in [-0.4, -0.2) is 20.7 Å². The molecule has 0 fully saturated rings. The summed E-state index contributed by atoms with van der Waals surface area (Å²) in [6.45, 7) is 7.55. The van der Waals surface area contributed by atoms with E-state index in [9.17, 15) is 15.0 Å². The van der Waals surface area contributed by atoms with E-state index in [4.69, 9.17) is 0 Å². The fourth-order valence-electron chi connectivity index (χ4n) is 2.56. The Morgan fingerprint density at radius 2 is 2.00 bits per heavy atom. The summed E-state index contributed by atoms with van der Waals surface area (Å²) in [6, 6.07) is 7.51. The van der Waals surface area contributed by atoms with Crippen molar-refractivity contribution in [2.45, 2.75) is 40.2 Å². The van der Waals surface area contributed by atoms with Crippen LogP contribution in [0.5, 0.6) is 5.75 Å². The molecule has 0 aliphatic rings. The molecule has 0 aliphatic carbocycles. The standard InChI is InChI=1S/C16H21NO3/c1-10(2)17-11(9-16(3,4)15(19)20)8-12-13(17)6-5-7-14(12)18/h5-8,10,18H,9H2,1-4H3,(H,19,20). The van der Waals surface area contributed by atoms with Gasteiger partial charge in [0.05, 0.1) is 10.9 Å². The molecule has 4 nitrogen and oxygen atoms in total. The van der Waals surface area contributed by atoms with E-state index in [2.05, 4.69) is 18.4 Å². The highest BCUT2D eigenvalue weighted by atomic mass is 16.4. The number of aliphatic carboxylic acids is 1. The van der Waals surface area contributed by atoms with Gasteiger partial charge in [0.15, 0.2) is 0 Å². The molecule has 0 atom stereocenters. The van der Waals surface area contributed by atoms with E-state index in [1.165, 1.54) is 0 Å². The van der Waals surface area contributed by atoms with Crippen LogP contribution >= 0.6 is 0 Å². The number of aromatic hydroxyl groups is 1. The number of carboxylic acid groups (broad SMARTS) is 1. The molecule has 2 rings (SSSR count). The largest absolute Gasteiger partial charge is 0.507 e. The van der Waals surface area contributed by atoms with Crippen LogP contribution in [-0.2, 0) is 11.2 Å². The maximum Gasteiger partial charge on any atom is 0.309 e. The van der Waals surface area contributed by atoms with Gasteiger partial charge in [-0.15, -0.1) is 0 Å². The third-order valence-corrected chi connectivity index (χ3v) is 3.66. The first-order valence-corrected chi connectivity index (χ1v) is 6.79. The molecule has 0 amide bonds. The minimum absolute atomic E-state index is 0.203. The molecular weight excluding hydrogens is 254 g/mol. The predicted octanol–water partition coefficient (Wildman–Crippen LogP) is 3.58. The fourth-order valence-corrected chi connectivity index (χ4v) is 2.56. The van der Waals surface area contributed by atoms with Crippen LogP contribution in [0.3, 0.4) is 0 Å². The first kappa shape index (κ1) is 14.4. The summed E-state index contributed by atoms with van der Waals surface area (Å²) < 4.78 is 2.10. The molecular formula is C16H21NO3. The molecule has 0 radical (unpaired) electrons. The Hall–Kier alpha value is -1.97. The van der Waals surface area contributed by atoms with E-state index in [0.717, 1.165) is 16.6 Å². The number of phenols is 1. The Balaban J connectivity index is 2.61. The first-order valence-electron chi connectivity index (χ1n) is 6.79. The fraction of sp³-hybridized carbons (Fsp3) is 0.438. The maximum atomic E-state index is 11.3. The zero-order chi connectivity index (χ0) is 15.1. The number of carboxylic acids is 1. The monoisotopic (exact) mass is 275 g/mol. The first-order chi connectivity index (χ1) is 9.24. The number of rotatable bonds is 4. The number of hydrogen-bond acceptors (Lipinski definition) is 2. The highest BCUT2D eigenvalue weighted by Crippen LogP contribution is 2.33. The zero-order valence-electron chi connectivity index (χ0n) is 12.3. The molecule has 0 aliphatic heterocycles. The third-order valence-electron chi connectivity index (χ3n) is 3.66. The van der Waals surface area contributed by atoms with Crippen LogP contribution in [0.1, 0.15) is 39.4 Å². The van der Waals surface area contributed by atoms with Crippen molar-refractivity contribution in [3.63, 3.8) is 0 Å². The van der Waals surface area contributed by atoms with Gasteiger partial charge < -0.3 is 14.8 Å². The van der Waals surface area contributed by atoms with E-state index in [1.54, 1.807) is 19.9 Å². The molecule has 0 unspecified atom stereocenters. The number of nitrogens with zero attached hydrogens (tertiary/aromatic N) is 1. The van der Waals surface area contributed by atoms with Crippen molar-refractivity contribution >= 4 is 16.9 Å². The van der Waals surface area contributed by atoms with Crippen LogP contribution in [0, 0.1) is 5.41 Å². The van der Waals surface area contributed by atoms with Gasteiger partial charge in [0.2, 0.25) is 0 Å². The normalized spacial score (nSPS) is 12.2. The molecule has 0 spiro atoms. The van der Waals surface area contributed by atoms with Crippen LogP contribution in [0.15, 0.2) is 24.3 Å². The van der Waals surface area contributed by atoms with Gasteiger partial charge in [0, 0.05) is 23.5 Å². The van der Waals surface area contributed by atoms with Crippen molar-refractivity contribution < 1.29 is 15.0 Å². The number of phenolic OH excluding ortho intramolecular Hbond substituents is 1. The summed E-state index contributed by atoms with van der Waals surface area (Å²) in [5.74, 6) is -0.585. The average Bonchev–Trinajstić information content (AvgIpc) is 2.67. The van der Waals surface area contributed by atoms with E-state index in [1.807, 2.05) is 18.2 Å². The molecule has 2 aromatic rings. The van der Waals surface area contributed by atoms with Crippen LogP contribution in [0.25, 0.3) is 10.9 Å². The number of carbonyl (C=O) groups is 1. The van der Waals surface area contributed by atoms with Gasteiger partial charge >= 0.3 is 5.97 Å². The minimum Gasteiger partial charge on any atom is -0.507 e. The predicted molar refractivity (Wildman–Crippen MR) is 79.1 cm³/mol. The lowest BCUT2D eigenvalue weighted by molar-refractivity contribution is -0.146. The summed E-state index contributed by atoms with van der Waals surface area (Å²) in [7, 11) is 0. The van der Waals surface area contributed by atoms with Gasteiger partial charge in [-0.3, -0.25) is 4.79 Å². The van der Waals surface area contributed by atoms with Gasteiger partial charge in [-0.25, -0.2) is 0 Å². The van der Waals surface area contributed by atoms with Crippen molar-refractivity contribution in [3.05, 3.63) is 30.0 Å². The SMILES string of the molecule is CC(C)n1c(CC(C)(C)C(=O)O)cc2c(O)cccc21. The average molecular weight is 275 g/mol. The molecule has 1 aromatic heterocycles. The second kappa shape index (κ2) is 4.85. The van der Waals surface area contributed by atoms with Crippen molar-refractivity contribution in [2.24, 2.45) is 5.41 Å². The van der Waals surface area contributed by atoms with Crippen molar-refractivity contribution in [3.8, 4) is 5.75 Å². The lowest BCUT2D eigenvalue weighted by atomic mass is 9.88. The molecule has 108 valence electrons. The van der Waals surface area contributed by atoms with Gasteiger partial charge in [-0.1, -0.05) is 6.07 Å². The van der Waals surface area contributed by atoms with Gasteiger partial charge in [-0.05, 0) is 45.9 Å². The lowest BCUT2D eigenvalue weighted by Crippen LogP contribution is -2.27.